The lowest BCUT2D eigenvalue weighted by atomic mass is 10.2. The molecule has 118 valence electrons. The lowest BCUT2D eigenvalue weighted by molar-refractivity contribution is -0.276. The fourth-order valence-electron chi connectivity index (χ4n) is 2.04. The van der Waals surface area contributed by atoms with E-state index in [1.54, 1.807) is 0 Å². The van der Waals surface area contributed by atoms with Crippen LogP contribution in [0.5, 0.6) is 5.88 Å². The molecule has 2 rings (SSSR count). The molecule has 1 aliphatic heterocycles. The molecule has 1 saturated heterocycles. The fourth-order valence-corrected chi connectivity index (χ4v) is 2.45. The maximum Gasteiger partial charge on any atom is 0.349 e. The molecule has 4 N–H and O–H groups in total. The van der Waals surface area contributed by atoms with Gasteiger partial charge in [0.2, 0.25) is 0 Å². The van der Waals surface area contributed by atoms with Gasteiger partial charge in [0.15, 0.2) is 0 Å². The van der Waals surface area contributed by atoms with Gasteiger partial charge in [-0.3, -0.25) is 4.57 Å². The molecular weight excluding hydrogens is 305 g/mol. The van der Waals surface area contributed by atoms with Gasteiger partial charge in [-0.1, -0.05) is 0 Å². The highest BCUT2D eigenvalue weighted by atomic mass is 31.2. The number of ether oxygens (including phenoxy) is 1. The van der Waals surface area contributed by atoms with Crippen LogP contribution in [0.15, 0.2) is 11.0 Å². The third kappa shape index (κ3) is 3.95. The molecule has 0 spiro atoms. The summed E-state index contributed by atoms with van der Waals surface area (Å²) < 4.78 is 6.48. The normalized spacial score (nSPS) is 26.2. The lowest BCUT2D eigenvalue weighted by Crippen LogP contribution is -2.36. The van der Waals surface area contributed by atoms with Gasteiger partial charge in [0.05, 0.1) is 12.6 Å². The van der Waals surface area contributed by atoms with Crippen LogP contribution < -0.4 is 20.8 Å². The monoisotopic (exact) mass is 320 g/mol. The average Bonchev–Trinajstić information content (AvgIpc) is 2.72. The predicted molar refractivity (Wildman–Crippen MR) is 66.6 cm³/mol. The third-order valence-electron chi connectivity index (χ3n) is 3.10. The molecule has 2 heterocycles. The SMILES string of the molecule is Cc1cn([C@H]2C[C@H](O)[C@@H](CN[P+]([O-])(O)O)O2)c(=O)nc1[O-]. The minimum atomic E-state index is -4.42. The Balaban J connectivity index is 2.11. The second kappa shape index (κ2) is 5.93. The molecular formula is C10H15N3O7P-. The van der Waals surface area contributed by atoms with Gasteiger partial charge in [-0.15, -0.1) is 5.09 Å². The van der Waals surface area contributed by atoms with Gasteiger partial charge in [0.1, 0.15) is 12.3 Å². The van der Waals surface area contributed by atoms with Crippen molar-refractivity contribution in [1.29, 1.82) is 0 Å². The highest BCUT2D eigenvalue weighted by molar-refractivity contribution is 7.54. The number of aryl methyl sites for hydroxylation is 1. The van der Waals surface area contributed by atoms with Crippen LogP contribution in [0, 0.1) is 6.92 Å². The van der Waals surface area contributed by atoms with Crippen molar-refractivity contribution in [3.05, 3.63) is 22.2 Å². The highest BCUT2D eigenvalue weighted by Crippen LogP contribution is 2.34. The molecule has 3 atom stereocenters. The number of aliphatic hydroxyl groups is 1. The van der Waals surface area contributed by atoms with Crippen LogP contribution in [0.3, 0.4) is 0 Å². The van der Waals surface area contributed by atoms with E-state index in [0.29, 0.717) is 0 Å². The van der Waals surface area contributed by atoms with Gasteiger partial charge in [-0.25, -0.2) is 19.6 Å². The molecule has 10 nitrogen and oxygen atoms in total. The zero-order valence-corrected chi connectivity index (χ0v) is 11.9. The van der Waals surface area contributed by atoms with Crippen molar-refractivity contribution >= 4 is 8.09 Å². The van der Waals surface area contributed by atoms with E-state index in [2.05, 4.69) is 4.98 Å². The first-order valence-corrected chi connectivity index (χ1v) is 7.69. The van der Waals surface area contributed by atoms with Gasteiger partial charge in [-0.2, -0.15) is 0 Å². The molecule has 0 aromatic carbocycles. The summed E-state index contributed by atoms with van der Waals surface area (Å²) in [5, 5.41) is 23.0. The molecule has 21 heavy (non-hydrogen) atoms. The Hall–Kier alpha value is -1.13. The number of aliphatic hydroxyl groups excluding tert-OH is 1. The first-order chi connectivity index (χ1) is 9.67. The molecule has 0 radical (unpaired) electrons. The first-order valence-electron chi connectivity index (χ1n) is 6.08. The topological polar surface area (TPSA) is 163 Å². The smallest absolute Gasteiger partial charge is 0.349 e. The quantitative estimate of drug-likeness (QED) is 0.420. The maximum absolute atomic E-state index is 11.7. The van der Waals surface area contributed by atoms with E-state index in [9.17, 15) is 19.9 Å². The van der Waals surface area contributed by atoms with Crippen LogP contribution in [-0.2, 0) is 4.74 Å². The number of rotatable bonds is 4. The van der Waals surface area contributed by atoms with E-state index in [1.807, 2.05) is 5.09 Å². The van der Waals surface area contributed by atoms with Gasteiger partial charge >= 0.3 is 13.8 Å². The Morgan fingerprint density at radius 2 is 2.29 bits per heavy atom. The van der Waals surface area contributed by atoms with Crippen molar-refractivity contribution in [2.24, 2.45) is 0 Å². The Bertz CT molecular complexity index is 573. The Labute approximate surface area is 119 Å². The standard InChI is InChI=1S/C10H16N3O7P/c1-5-4-13(10(16)12-9(5)15)8-2-6(14)7(20-8)3-11-21(17,18)19/h4,6-8,14H,2-3H2,1H3,(H,12,15,16)(H3,11,17,18,19)/p-1/t6-,7+,8+/m0/s1. The van der Waals surface area contributed by atoms with Crippen LogP contribution >= 0.6 is 8.09 Å². The summed E-state index contributed by atoms with van der Waals surface area (Å²) >= 11 is 0. The van der Waals surface area contributed by atoms with E-state index in [0.717, 1.165) is 4.57 Å². The summed E-state index contributed by atoms with van der Waals surface area (Å²) in [6.07, 6.45) is -1.40. The summed E-state index contributed by atoms with van der Waals surface area (Å²) in [5.74, 6) is -0.630. The molecule has 1 aromatic rings. The van der Waals surface area contributed by atoms with Crippen molar-refractivity contribution in [1.82, 2.24) is 14.6 Å². The predicted octanol–water partition coefficient (Wildman–Crippen LogP) is -3.11. The molecule has 0 unspecified atom stereocenters. The van der Waals surface area contributed by atoms with E-state index >= 15 is 0 Å². The number of nitrogens with zero attached hydrogens (tertiary/aromatic N) is 2. The highest BCUT2D eigenvalue weighted by Gasteiger charge is 2.37. The Kier molecular flexibility index (Phi) is 4.59. The molecule has 1 fully saturated rings. The van der Waals surface area contributed by atoms with E-state index in [1.165, 1.54) is 13.1 Å². The van der Waals surface area contributed by atoms with Crippen molar-refractivity contribution < 1.29 is 29.6 Å². The third-order valence-corrected chi connectivity index (χ3v) is 3.70. The molecule has 1 aliphatic rings. The Morgan fingerprint density at radius 1 is 1.62 bits per heavy atom. The zero-order chi connectivity index (χ0) is 15.8. The van der Waals surface area contributed by atoms with Crippen LogP contribution in [0.25, 0.3) is 0 Å². The number of hydrogen-bond acceptors (Lipinski definition) is 9. The van der Waals surface area contributed by atoms with Crippen molar-refractivity contribution in [3.8, 4) is 5.88 Å². The molecule has 0 bridgehead atoms. The molecule has 0 amide bonds. The Morgan fingerprint density at radius 3 is 2.90 bits per heavy atom. The second-order valence-electron chi connectivity index (χ2n) is 4.76. The fraction of sp³-hybridized carbons (Fsp3) is 0.600. The summed E-state index contributed by atoms with van der Waals surface area (Å²) in [5.41, 5.74) is -0.545. The molecule has 0 aliphatic carbocycles. The van der Waals surface area contributed by atoms with Crippen LogP contribution in [0.4, 0.5) is 0 Å². The van der Waals surface area contributed by atoms with E-state index in [-0.39, 0.29) is 18.5 Å². The van der Waals surface area contributed by atoms with Gasteiger partial charge in [0.25, 0.3) is 0 Å². The van der Waals surface area contributed by atoms with Gasteiger partial charge < -0.3 is 19.8 Å². The maximum atomic E-state index is 11.7. The van der Waals surface area contributed by atoms with Crippen molar-refractivity contribution in [2.75, 3.05) is 6.54 Å². The van der Waals surface area contributed by atoms with Crippen LogP contribution in [0.1, 0.15) is 18.2 Å². The summed E-state index contributed by atoms with van der Waals surface area (Å²) in [6.45, 7) is 1.21. The molecule has 1 aromatic heterocycles. The number of nitrogens with one attached hydrogen (secondary N) is 1. The largest absolute Gasteiger partial charge is 0.858 e. The van der Waals surface area contributed by atoms with Crippen LogP contribution in [-0.4, -0.2) is 43.2 Å². The molecule has 11 heteroatoms. The minimum Gasteiger partial charge on any atom is -0.858 e. The number of aromatic nitrogens is 2. The zero-order valence-electron chi connectivity index (χ0n) is 11.0. The first kappa shape index (κ1) is 16.2. The van der Waals surface area contributed by atoms with Gasteiger partial charge in [0, 0.05) is 12.6 Å². The summed E-state index contributed by atoms with van der Waals surface area (Å²) in [6, 6.07) is 0. The van der Waals surface area contributed by atoms with Crippen molar-refractivity contribution in [2.45, 2.75) is 31.8 Å². The average molecular weight is 320 g/mol. The van der Waals surface area contributed by atoms with E-state index in [4.69, 9.17) is 14.5 Å². The second-order valence-corrected chi connectivity index (χ2v) is 6.16. The lowest BCUT2D eigenvalue weighted by Gasteiger charge is -2.20. The van der Waals surface area contributed by atoms with Gasteiger partial charge in [-0.05, 0) is 18.4 Å². The van der Waals surface area contributed by atoms with Crippen LogP contribution in [0.2, 0.25) is 0 Å². The minimum absolute atomic E-state index is 0.0483. The van der Waals surface area contributed by atoms with E-state index < -0.39 is 38.1 Å². The van der Waals surface area contributed by atoms with Crippen molar-refractivity contribution in [3.63, 3.8) is 0 Å². The summed E-state index contributed by atoms with van der Waals surface area (Å²) in [7, 11) is -4.42. The molecule has 0 saturated carbocycles. The number of hydrogen-bond donors (Lipinski definition) is 4. The summed E-state index contributed by atoms with van der Waals surface area (Å²) in [4.78, 5) is 43.1.